The molecule has 2 aromatic heterocycles. The lowest BCUT2D eigenvalue weighted by molar-refractivity contribution is 0.0691. The molecule has 0 bridgehead atoms. The van der Waals surface area contributed by atoms with E-state index >= 15 is 0 Å². The van der Waals surface area contributed by atoms with E-state index in [1.54, 1.807) is 36.6 Å². The van der Waals surface area contributed by atoms with Crippen LogP contribution >= 0.6 is 11.3 Å². The monoisotopic (exact) mass is 336 g/mol. The van der Waals surface area contributed by atoms with Gasteiger partial charge in [0.1, 0.15) is 9.90 Å². The van der Waals surface area contributed by atoms with Crippen LogP contribution in [0.15, 0.2) is 39.9 Å². The summed E-state index contributed by atoms with van der Waals surface area (Å²) in [5, 5.41) is 11.5. The highest BCUT2D eigenvalue weighted by Crippen LogP contribution is 2.30. The lowest BCUT2D eigenvalue weighted by Gasteiger charge is -2.07. The lowest BCUT2D eigenvalue weighted by atomic mass is 10.1. The number of anilines is 1. The Balaban J connectivity index is 2.12. The van der Waals surface area contributed by atoms with E-state index < -0.39 is 16.0 Å². The van der Waals surface area contributed by atoms with Crippen LogP contribution in [0.3, 0.4) is 0 Å². The molecule has 0 atom stereocenters. The zero-order chi connectivity index (χ0) is 15.9. The van der Waals surface area contributed by atoms with Crippen molar-refractivity contribution in [1.29, 1.82) is 0 Å². The van der Waals surface area contributed by atoms with Gasteiger partial charge in [0.25, 0.3) is 10.0 Å². The van der Waals surface area contributed by atoms with E-state index in [2.05, 4.69) is 9.71 Å². The molecule has 0 spiro atoms. The molecule has 0 fully saturated rings. The number of hydrogen-bond acceptors (Lipinski definition) is 4. The number of aromatic carboxylic acids is 1. The van der Waals surface area contributed by atoms with Gasteiger partial charge in [0.15, 0.2) is 0 Å². The minimum absolute atomic E-state index is 0.0535. The number of aromatic nitrogens is 1. The average Bonchev–Trinajstić information content (AvgIpc) is 3.08. The zero-order valence-corrected chi connectivity index (χ0v) is 13.1. The maximum atomic E-state index is 12.3. The maximum absolute atomic E-state index is 12.3. The number of fused-ring (bicyclic) bond motifs is 1. The number of carboxylic acids is 1. The van der Waals surface area contributed by atoms with Gasteiger partial charge in [0, 0.05) is 5.39 Å². The molecule has 8 heteroatoms. The third-order valence-corrected chi connectivity index (χ3v) is 6.07. The number of carboxylic acid groups (broad SMARTS) is 1. The first kappa shape index (κ1) is 14.6. The number of H-pyrrole nitrogens is 1. The number of aryl methyl sites for hydroxylation is 1. The maximum Gasteiger partial charge on any atom is 0.352 e. The summed E-state index contributed by atoms with van der Waals surface area (Å²) in [4.78, 5) is 14.0. The second-order valence-electron chi connectivity index (χ2n) is 4.70. The number of rotatable bonds is 4. The van der Waals surface area contributed by atoms with Gasteiger partial charge in [0.05, 0.1) is 11.2 Å². The first-order chi connectivity index (χ1) is 10.4. The molecule has 0 amide bonds. The van der Waals surface area contributed by atoms with Gasteiger partial charge in [-0.25, -0.2) is 13.2 Å². The zero-order valence-electron chi connectivity index (χ0n) is 11.5. The van der Waals surface area contributed by atoms with Gasteiger partial charge < -0.3 is 10.1 Å². The first-order valence-corrected chi connectivity index (χ1v) is 8.67. The van der Waals surface area contributed by atoms with Gasteiger partial charge in [0.2, 0.25) is 0 Å². The van der Waals surface area contributed by atoms with Crippen molar-refractivity contribution in [2.45, 2.75) is 11.1 Å². The number of benzene rings is 1. The van der Waals surface area contributed by atoms with Crippen LogP contribution in [-0.4, -0.2) is 24.5 Å². The summed E-state index contributed by atoms with van der Waals surface area (Å²) < 4.78 is 27.3. The molecule has 3 rings (SSSR count). The fraction of sp³-hybridized carbons (Fsp3) is 0.0714. The van der Waals surface area contributed by atoms with Crippen LogP contribution in [0, 0.1) is 6.92 Å². The van der Waals surface area contributed by atoms with Gasteiger partial charge in [-0.3, -0.25) is 4.72 Å². The Morgan fingerprint density at radius 1 is 1.27 bits per heavy atom. The van der Waals surface area contributed by atoms with Crippen LogP contribution in [0.4, 0.5) is 5.69 Å². The average molecular weight is 336 g/mol. The Bertz CT molecular complexity index is 956. The molecule has 0 saturated heterocycles. The fourth-order valence-electron chi connectivity index (χ4n) is 2.26. The van der Waals surface area contributed by atoms with E-state index in [-0.39, 0.29) is 9.90 Å². The van der Waals surface area contributed by atoms with E-state index in [1.807, 2.05) is 0 Å². The second kappa shape index (κ2) is 5.15. The Labute approximate surface area is 130 Å². The fourth-order valence-corrected chi connectivity index (χ4v) is 4.33. The third kappa shape index (κ3) is 2.36. The number of thiophene rings is 1. The molecular weight excluding hydrogens is 324 g/mol. The molecule has 6 nitrogen and oxygen atoms in total. The van der Waals surface area contributed by atoms with Crippen molar-refractivity contribution in [1.82, 2.24) is 4.98 Å². The lowest BCUT2D eigenvalue weighted by Crippen LogP contribution is -2.11. The predicted octanol–water partition coefficient (Wildman–Crippen LogP) is 3.04. The van der Waals surface area contributed by atoms with E-state index in [0.717, 1.165) is 11.3 Å². The SMILES string of the molecule is Cc1c(C(=O)O)[nH]c2c(NS(=O)(=O)c3cccs3)cccc12. The van der Waals surface area contributed by atoms with Crippen molar-refractivity contribution in [2.75, 3.05) is 4.72 Å². The summed E-state index contributed by atoms with van der Waals surface area (Å²) >= 11 is 1.11. The van der Waals surface area contributed by atoms with E-state index in [4.69, 9.17) is 0 Å². The molecule has 22 heavy (non-hydrogen) atoms. The first-order valence-electron chi connectivity index (χ1n) is 6.31. The number of sulfonamides is 1. The van der Waals surface area contributed by atoms with Gasteiger partial charge >= 0.3 is 5.97 Å². The molecule has 0 saturated carbocycles. The van der Waals surface area contributed by atoms with E-state index in [1.165, 1.54) is 6.07 Å². The Morgan fingerprint density at radius 3 is 2.68 bits per heavy atom. The Morgan fingerprint density at radius 2 is 2.05 bits per heavy atom. The number of para-hydroxylation sites is 1. The van der Waals surface area contributed by atoms with Crippen molar-refractivity contribution in [2.24, 2.45) is 0 Å². The van der Waals surface area contributed by atoms with Crippen molar-refractivity contribution < 1.29 is 18.3 Å². The van der Waals surface area contributed by atoms with E-state index in [0.29, 0.717) is 22.2 Å². The molecule has 3 N–H and O–H groups in total. The second-order valence-corrected chi connectivity index (χ2v) is 7.55. The topological polar surface area (TPSA) is 99.3 Å². The summed E-state index contributed by atoms with van der Waals surface area (Å²) in [5.41, 5.74) is 1.40. The smallest absolute Gasteiger partial charge is 0.352 e. The van der Waals surface area contributed by atoms with Crippen molar-refractivity contribution in [3.63, 3.8) is 0 Å². The molecule has 2 heterocycles. The van der Waals surface area contributed by atoms with Crippen LogP contribution < -0.4 is 4.72 Å². The van der Waals surface area contributed by atoms with Crippen LogP contribution in [0.1, 0.15) is 16.1 Å². The summed E-state index contributed by atoms with van der Waals surface area (Å²) in [6, 6.07) is 8.18. The highest BCUT2D eigenvalue weighted by Gasteiger charge is 2.19. The normalized spacial score (nSPS) is 11.7. The molecular formula is C14H12N2O4S2. The molecule has 0 unspecified atom stereocenters. The van der Waals surface area contributed by atoms with Crippen molar-refractivity contribution >= 4 is 43.9 Å². The van der Waals surface area contributed by atoms with Crippen LogP contribution in [0.25, 0.3) is 10.9 Å². The molecule has 3 aromatic rings. The molecule has 0 aliphatic carbocycles. The molecule has 114 valence electrons. The molecule has 0 radical (unpaired) electrons. The van der Waals surface area contributed by atoms with Crippen LogP contribution in [0.5, 0.6) is 0 Å². The van der Waals surface area contributed by atoms with Gasteiger partial charge in [-0.15, -0.1) is 11.3 Å². The summed E-state index contributed by atoms with van der Waals surface area (Å²) in [6.45, 7) is 1.68. The molecule has 0 aliphatic rings. The Hall–Kier alpha value is -2.32. The highest BCUT2D eigenvalue weighted by atomic mass is 32.2. The molecule has 0 aliphatic heterocycles. The minimum Gasteiger partial charge on any atom is -0.477 e. The Kier molecular flexibility index (Phi) is 3.42. The summed E-state index contributed by atoms with van der Waals surface area (Å²) in [6.07, 6.45) is 0. The van der Waals surface area contributed by atoms with Crippen LogP contribution in [0.2, 0.25) is 0 Å². The summed E-state index contributed by atoms with van der Waals surface area (Å²) in [7, 11) is -3.68. The number of nitrogens with one attached hydrogen (secondary N) is 2. The van der Waals surface area contributed by atoms with Gasteiger partial charge in [-0.2, -0.15) is 0 Å². The third-order valence-electron chi connectivity index (χ3n) is 3.31. The van der Waals surface area contributed by atoms with Crippen LogP contribution in [-0.2, 0) is 10.0 Å². The standard InChI is InChI=1S/C14H12N2O4S2/c1-8-9-4-2-5-10(13(9)15-12(8)14(17)18)16-22(19,20)11-6-3-7-21-11/h2-7,15-16H,1H3,(H,17,18). The van der Waals surface area contributed by atoms with Crippen molar-refractivity contribution in [3.05, 3.63) is 47.0 Å². The minimum atomic E-state index is -3.68. The number of hydrogen-bond donors (Lipinski definition) is 3. The predicted molar refractivity (Wildman–Crippen MR) is 85.1 cm³/mol. The summed E-state index contributed by atoms with van der Waals surface area (Å²) in [5.74, 6) is -1.08. The number of carbonyl (C=O) groups is 1. The van der Waals surface area contributed by atoms with E-state index in [9.17, 15) is 18.3 Å². The number of aromatic amines is 1. The van der Waals surface area contributed by atoms with Crippen molar-refractivity contribution in [3.8, 4) is 0 Å². The largest absolute Gasteiger partial charge is 0.477 e. The highest BCUT2D eigenvalue weighted by molar-refractivity contribution is 7.94. The molecule has 1 aromatic carbocycles. The quantitative estimate of drug-likeness (QED) is 0.682. The van der Waals surface area contributed by atoms with Gasteiger partial charge in [-0.1, -0.05) is 18.2 Å². The van der Waals surface area contributed by atoms with Gasteiger partial charge in [-0.05, 0) is 30.0 Å².